The van der Waals surface area contributed by atoms with Crippen LogP contribution in [0.15, 0.2) is 54.6 Å². The van der Waals surface area contributed by atoms with E-state index in [-0.39, 0.29) is 17.9 Å². The van der Waals surface area contributed by atoms with Crippen LogP contribution in [0, 0.1) is 5.41 Å². The molecular weight excluding hydrogens is 386 g/mol. The Morgan fingerprint density at radius 3 is 2.28 bits per heavy atom. The third kappa shape index (κ3) is 3.53. The molecule has 5 nitrogen and oxygen atoms in total. The Kier molecular flexibility index (Phi) is 5.36. The first-order valence-electron chi connectivity index (χ1n) is 9.99. The highest BCUT2D eigenvalue weighted by Gasteiger charge is 2.62. The van der Waals surface area contributed by atoms with E-state index < -0.39 is 5.41 Å². The first-order valence-corrected chi connectivity index (χ1v) is 10.4. The number of nitrogens with zero attached hydrogens (tertiary/aromatic N) is 3. The molecule has 1 atom stereocenters. The minimum atomic E-state index is -0.460. The summed E-state index contributed by atoms with van der Waals surface area (Å²) >= 11 is 6.10. The van der Waals surface area contributed by atoms with Crippen LogP contribution in [0.1, 0.15) is 24.4 Å². The lowest BCUT2D eigenvalue weighted by atomic mass is 9.62. The van der Waals surface area contributed by atoms with Crippen molar-refractivity contribution in [2.45, 2.75) is 18.9 Å². The summed E-state index contributed by atoms with van der Waals surface area (Å²) in [5.41, 5.74) is 1.54. The van der Waals surface area contributed by atoms with E-state index in [0.717, 1.165) is 11.3 Å². The van der Waals surface area contributed by atoms with Crippen LogP contribution in [0.4, 0.5) is 5.69 Å². The Labute approximate surface area is 176 Å². The maximum Gasteiger partial charge on any atom is 0.236 e. The van der Waals surface area contributed by atoms with Crippen LogP contribution in [0.25, 0.3) is 0 Å². The number of β-lactam (4-membered cyclic amide) rings is 1. The lowest BCUT2D eigenvalue weighted by molar-refractivity contribution is -0.149. The molecule has 2 saturated heterocycles. The van der Waals surface area contributed by atoms with Crippen molar-refractivity contribution in [3.63, 3.8) is 0 Å². The number of likely N-dealkylation sites (tertiary alicyclic amines) is 1. The van der Waals surface area contributed by atoms with Crippen molar-refractivity contribution in [2.24, 2.45) is 5.41 Å². The van der Waals surface area contributed by atoms with E-state index in [1.165, 1.54) is 0 Å². The maximum absolute atomic E-state index is 13.4. The van der Waals surface area contributed by atoms with Gasteiger partial charge in [-0.2, -0.15) is 0 Å². The molecule has 0 bridgehead atoms. The Balaban J connectivity index is 1.61. The van der Waals surface area contributed by atoms with Gasteiger partial charge >= 0.3 is 0 Å². The summed E-state index contributed by atoms with van der Waals surface area (Å²) < 4.78 is 0. The van der Waals surface area contributed by atoms with Gasteiger partial charge in [0.15, 0.2) is 0 Å². The average Bonchev–Trinajstić information content (AvgIpc) is 2.72. The van der Waals surface area contributed by atoms with E-state index in [1.807, 2.05) is 83.4 Å². The van der Waals surface area contributed by atoms with E-state index in [4.69, 9.17) is 11.6 Å². The molecule has 29 heavy (non-hydrogen) atoms. The van der Waals surface area contributed by atoms with Gasteiger partial charge in [0.25, 0.3) is 0 Å². The van der Waals surface area contributed by atoms with E-state index in [0.29, 0.717) is 37.5 Å². The van der Waals surface area contributed by atoms with Crippen molar-refractivity contribution in [1.29, 1.82) is 0 Å². The van der Waals surface area contributed by atoms with Gasteiger partial charge in [-0.05, 0) is 56.8 Å². The molecule has 6 heteroatoms. The second-order valence-electron chi connectivity index (χ2n) is 8.24. The van der Waals surface area contributed by atoms with Gasteiger partial charge in [0.2, 0.25) is 11.8 Å². The Morgan fingerprint density at radius 2 is 1.69 bits per heavy atom. The summed E-state index contributed by atoms with van der Waals surface area (Å²) in [7, 11) is 3.79. The van der Waals surface area contributed by atoms with Gasteiger partial charge in [0.05, 0.1) is 18.0 Å². The second kappa shape index (κ2) is 7.81. The fraction of sp³-hybridized carbons (Fsp3) is 0.391. The number of carbonyl (C=O) groups excluding carboxylic acids is 2. The molecule has 0 aromatic heterocycles. The number of likely N-dealkylation sites (N-methyl/N-ethyl adjacent to an activating group) is 1. The minimum Gasteiger partial charge on any atom is -0.342 e. The predicted octanol–water partition coefficient (Wildman–Crippen LogP) is 3.60. The molecule has 2 amide bonds. The molecule has 4 rings (SSSR count). The first kappa shape index (κ1) is 19.9. The molecule has 2 aliphatic heterocycles. The lowest BCUT2D eigenvalue weighted by Crippen LogP contribution is -2.67. The van der Waals surface area contributed by atoms with Gasteiger partial charge in [-0.15, -0.1) is 0 Å². The number of hydrogen-bond acceptors (Lipinski definition) is 3. The number of piperidine rings is 1. The molecule has 2 aromatic carbocycles. The van der Waals surface area contributed by atoms with Crippen molar-refractivity contribution in [1.82, 2.24) is 9.80 Å². The number of hydrogen-bond donors (Lipinski definition) is 0. The van der Waals surface area contributed by atoms with Crippen LogP contribution in [0.3, 0.4) is 0 Å². The van der Waals surface area contributed by atoms with E-state index >= 15 is 0 Å². The summed E-state index contributed by atoms with van der Waals surface area (Å²) in [5, 5.41) is 0.684. The highest BCUT2D eigenvalue weighted by Crippen LogP contribution is 2.57. The van der Waals surface area contributed by atoms with E-state index in [2.05, 4.69) is 0 Å². The monoisotopic (exact) mass is 411 g/mol. The van der Waals surface area contributed by atoms with Crippen LogP contribution in [0.2, 0.25) is 5.02 Å². The van der Waals surface area contributed by atoms with Crippen LogP contribution in [-0.2, 0) is 9.59 Å². The topological polar surface area (TPSA) is 43.9 Å². The number of benzene rings is 2. The molecule has 2 aromatic rings. The number of anilines is 1. The summed E-state index contributed by atoms with van der Waals surface area (Å²) in [6, 6.07) is 17.6. The molecule has 152 valence electrons. The fourth-order valence-corrected chi connectivity index (χ4v) is 4.76. The predicted molar refractivity (Wildman–Crippen MR) is 115 cm³/mol. The van der Waals surface area contributed by atoms with Gasteiger partial charge in [0.1, 0.15) is 0 Å². The van der Waals surface area contributed by atoms with Crippen molar-refractivity contribution < 1.29 is 9.59 Å². The number of carbonyl (C=O) groups is 2. The molecule has 2 heterocycles. The lowest BCUT2D eigenvalue weighted by Gasteiger charge is -2.59. The number of rotatable bonds is 4. The maximum atomic E-state index is 13.4. The molecule has 0 saturated carbocycles. The van der Waals surface area contributed by atoms with Gasteiger partial charge in [-0.25, -0.2) is 0 Å². The van der Waals surface area contributed by atoms with Gasteiger partial charge in [-0.1, -0.05) is 41.9 Å². The quantitative estimate of drug-likeness (QED) is 0.722. The summed E-state index contributed by atoms with van der Waals surface area (Å²) in [5.74, 6) is 0.280. The number of para-hydroxylation sites is 1. The number of halogens is 1. The molecule has 2 fully saturated rings. The first-order chi connectivity index (χ1) is 13.9. The highest BCUT2D eigenvalue weighted by atomic mass is 35.5. The van der Waals surface area contributed by atoms with Crippen molar-refractivity contribution in [2.75, 3.05) is 38.6 Å². The summed E-state index contributed by atoms with van der Waals surface area (Å²) in [6.45, 7) is 1.63. The fourth-order valence-electron chi connectivity index (χ4n) is 4.64. The summed E-state index contributed by atoms with van der Waals surface area (Å²) in [6.07, 6.45) is 1.36. The van der Waals surface area contributed by atoms with Crippen LogP contribution in [-0.4, -0.2) is 55.3 Å². The Bertz CT molecular complexity index is 890. The van der Waals surface area contributed by atoms with Crippen molar-refractivity contribution in [3.8, 4) is 0 Å². The third-order valence-electron chi connectivity index (χ3n) is 6.11. The standard InChI is InChI=1S/C23H26ClN3O2/c1-25(2)16-20(28)26-14-12-23(13-15-26)21(17-8-10-18(24)11-9-17)27(22(23)29)19-6-4-3-5-7-19/h3-11,21H,12-16H2,1-2H3. The van der Waals surface area contributed by atoms with Crippen LogP contribution in [0.5, 0.6) is 0 Å². The van der Waals surface area contributed by atoms with Crippen LogP contribution < -0.4 is 4.90 Å². The summed E-state index contributed by atoms with van der Waals surface area (Å²) in [4.78, 5) is 31.6. The smallest absolute Gasteiger partial charge is 0.236 e. The van der Waals surface area contributed by atoms with Gasteiger partial charge < -0.3 is 14.7 Å². The molecular formula is C23H26ClN3O2. The average molecular weight is 412 g/mol. The normalized spacial score (nSPS) is 20.8. The van der Waals surface area contributed by atoms with Crippen molar-refractivity contribution in [3.05, 3.63) is 65.2 Å². The Morgan fingerprint density at radius 1 is 1.07 bits per heavy atom. The highest BCUT2D eigenvalue weighted by molar-refractivity contribution is 6.30. The zero-order valence-corrected chi connectivity index (χ0v) is 17.6. The molecule has 0 N–H and O–H groups in total. The second-order valence-corrected chi connectivity index (χ2v) is 8.68. The third-order valence-corrected chi connectivity index (χ3v) is 6.36. The molecule has 0 radical (unpaired) electrons. The molecule has 1 unspecified atom stereocenters. The Hall–Kier alpha value is -2.37. The minimum absolute atomic E-state index is 0.0410. The molecule has 2 aliphatic rings. The van der Waals surface area contributed by atoms with Gasteiger partial charge in [-0.3, -0.25) is 9.59 Å². The number of amides is 2. The van der Waals surface area contributed by atoms with E-state index in [1.54, 1.807) is 0 Å². The van der Waals surface area contributed by atoms with Crippen LogP contribution >= 0.6 is 11.6 Å². The zero-order valence-electron chi connectivity index (χ0n) is 16.8. The van der Waals surface area contributed by atoms with Crippen molar-refractivity contribution >= 4 is 29.1 Å². The zero-order chi connectivity index (χ0) is 20.6. The molecule has 1 spiro atoms. The van der Waals surface area contributed by atoms with Gasteiger partial charge in [0, 0.05) is 23.8 Å². The SMILES string of the molecule is CN(C)CC(=O)N1CCC2(CC1)C(=O)N(c1ccccc1)C2c1ccc(Cl)cc1. The van der Waals surface area contributed by atoms with E-state index in [9.17, 15) is 9.59 Å². The largest absolute Gasteiger partial charge is 0.342 e. The molecule has 0 aliphatic carbocycles.